The Morgan fingerprint density at radius 1 is 1.64 bits per heavy atom. The van der Waals surface area contributed by atoms with Crippen molar-refractivity contribution in [3.8, 4) is 0 Å². The van der Waals surface area contributed by atoms with Gasteiger partial charge < -0.3 is 10.1 Å². The zero-order valence-electron chi connectivity index (χ0n) is 6.36. The highest BCUT2D eigenvalue weighted by atomic mass is 16.5. The fourth-order valence-corrected chi connectivity index (χ4v) is 0.866. The number of hydrogen-bond acceptors (Lipinski definition) is 3. The van der Waals surface area contributed by atoms with E-state index in [0.717, 1.165) is 19.7 Å². The van der Waals surface area contributed by atoms with Crippen LogP contribution in [-0.2, 0) is 4.74 Å². The van der Waals surface area contributed by atoms with Crippen molar-refractivity contribution in [3.05, 3.63) is 10.4 Å². The fourth-order valence-electron chi connectivity index (χ4n) is 0.866. The lowest BCUT2D eigenvalue weighted by Crippen LogP contribution is -2.44. The van der Waals surface area contributed by atoms with E-state index in [4.69, 9.17) is 10.3 Å². The SMILES string of the molecule is [N-]=[N+]=NCCOCC1CNC1. The Hall–Kier alpha value is -0.770. The summed E-state index contributed by atoms with van der Waals surface area (Å²) in [4.78, 5) is 2.62. The number of ether oxygens (including phenoxy) is 1. The molecule has 5 nitrogen and oxygen atoms in total. The van der Waals surface area contributed by atoms with Gasteiger partial charge in [-0.2, -0.15) is 0 Å². The molecule has 0 bridgehead atoms. The highest BCUT2D eigenvalue weighted by molar-refractivity contribution is 4.73. The van der Waals surface area contributed by atoms with Crippen LogP contribution in [0, 0.1) is 5.92 Å². The minimum absolute atomic E-state index is 0.441. The smallest absolute Gasteiger partial charge is 0.0522 e. The highest BCUT2D eigenvalue weighted by Crippen LogP contribution is 2.01. The number of nitrogens with one attached hydrogen (secondary N) is 1. The Labute approximate surface area is 65.4 Å². The topological polar surface area (TPSA) is 70.0 Å². The van der Waals surface area contributed by atoms with Gasteiger partial charge in [0.2, 0.25) is 0 Å². The van der Waals surface area contributed by atoms with Crippen molar-refractivity contribution in [2.45, 2.75) is 0 Å². The minimum atomic E-state index is 0.441. The third-order valence-electron chi connectivity index (χ3n) is 1.62. The van der Waals surface area contributed by atoms with Gasteiger partial charge in [0.05, 0.1) is 13.2 Å². The molecule has 1 aliphatic heterocycles. The first-order valence-electron chi connectivity index (χ1n) is 3.73. The molecule has 1 N–H and O–H groups in total. The van der Waals surface area contributed by atoms with Gasteiger partial charge in [0.15, 0.2) is 0 Å². The Balaban J connectivity index is 1.83. The van der Waals surface area contributed by atoms with E-state index in [1.165, 1.54) is 0 Å². The molecule has 0 aromatic carbocycles. The Morgan fingerprint density at radius 3 is 3.00 bits per heavy atom. The minimum Gasteiger partial charge on any atom is -0.381 e. The molecule has 62 valence electrons. The van der Waals surface area contributed by atoms with E-state index in [2.05, 4.69) is 15.3 Å². The molecule has 0 aromatic rings. The lowest BCUT2D eigenvalue weighted by atomic mass is 10.1. The van der Waals surface area contributed by atoms with Crippen molar-refractivity contribution < 1.29 is 4.74 Å². The molecule has 0 saturated carbocycles. The number of nitrogens with zero attached hydrogens (tertiary/aromatic N) is 3. The normalized spacial score (nSPS) is 17.1. The zero-order chi connectivity index (χ0) is 7.94. The van der Waals surface area contributed by atoms with Crippen LogP contribution in [-0.4, -0.2) is 32.8 Å². The van der Waals surface area contributed by atoms with Gasteiger partial charge in [-0.15, -0.1) is 0 Å². The molecule has 0 spiro atoms. The van der Waals surface area contributed by atoms with E-state index in [-0.39, 0.29) is 0 Å². The largest absolute Gasteiger partial charge is 0.381 e. The number of azide groups is 1. The fraction of sp³-hybridized carbons (Fsp3) is 1.00. The second kappa shape index (κ2) is 4.96. The van der Waals surface area contributed by atoms with Crippen LogP contribution < -0.4 is 5.32 Å². The quantitative estimate of drug-likeness (QED) is 0.273. The molecule has 1 heterocycles. The molecule has 1 rings (SSSR count). The molecule has 11 heavy (non-hydrogen) atoms. The predicted octanol–water partition coefficient (Wildman–Crippen LogP) is 0.533. The van der Waals surface area contributed by atoms with Crippen LogP contribution in [0.15, 0.2) is 5.11 Å². The van der Waals surface area contributed by atoms with Crippen LogP contribution in [0.5, 0.6) is 0 Å². The molecule has 5 heteroatoms. The summed E-state index contributed by atoms with van der Waals surface area (Å²) < 4.78 is 5.23. The monoisotopic (exact) mass is 156 g/mol. The van der Waals surface area contributed by atoms with E-state index >= 15 is 0 Å². The number of hydrogen-bond donors (Lipinski definition) is 1. The van der Waals surface area contributed by atoms with E-state index < -0.39 is 0 Å². The van der Waals surface area contributed by atoms with Gasteiger partial charge in [0, 0.05) is 30.5 Å². The second-order valence-corrected chi connectivity index (χ2v) is 2.55. The third-order valence-corrected chi connectivity index (χ3v) is 1.62. The van der Waals surface area contributed by atoms with Crippen LogP contribution in [0.2, 0.25) is 0 Å². The summed E-state index contributed by atoms with van der Waals surface area (Å²) >= 11 is 0. The van der Waals surface area contributed by atoms with Crippen LogP contribution in [0.1, 0.15) is 0 Å². The second-order valence-electron chi connectivity index (χ2n) is 2.55. The van der Waals surface area contributed by atoms with E-state index in [9.17, 15) is 0 Å². The summed E-state index contributed by atoms with van der Waals surface area (Å²) in [5, 5.41) is 6.50. The van der Waals surface area contributed by atoms with Crippen LogP contribution >= 0.6 is 0 Å². The maximum Gasteiger partial charge on any atom is 0.0522 e. The van der Waals surface area contributed by atoms with Gasteiger partial charge >= 0.3 is 0 Å². The lowest BCUT2D eigenvalue weighted by molar-refractivity contribution is 0.0853. The maximum absolute atomic E-state index is 7.92. The van der Waals surface area contributed by atoms with Gasteiger partial charge in [-0.3, -0.25) is 0 Å². The van der Waals surface area contributed by atoms with Crippen molar-refractivity contribution in [2.24, 2.45) is 11.0 Å². The van der Waals surface area contributed by atoms with E-state index in [1.54, 1.807) is 0 Å². The summed E-state index contributed by atoms with van der Waals surface area (Å²) in [5.74, 6) is 0.668. The van der Waals surface area contributed by atoms with Crippen molar-refractivity contribution >= 4 is 0 Å². The van der Waals surface area contributed by atoms with Gasteiger partial charge in [-0.25, -0.2) is 0 Å². The molecule has 1 aliphatic rings. The molecule has 0 radical (unpaired) electrons. The van der Waals surface area contributed by atoms with Crippen molar-refractivity contribution in [2.75, 3.05) is 32.8 Å². The van der Waals surface area contributed by atoms with Crippen LogP contribution in [0.3, 0.4) is 0 Å². The molecule has 0 aromatic heterocycles. The first kappa shape index (κ1) is 8.33. The molecule has 0 unspecified atom stereocenters. The molecular formula is C6H12N4O. The summed E-state index contributed by atoms with van der Waals surface area (Å²) in [6, 6.07) is 0. The van der Waals surface area contributed by atoms with Crippen LogP contribution in [0.25, 0.3) is 10.4 Å². The molecule has 0 amide bonds. The zero-order valence-corrected chi connectivity index (χ0v) is 6.36. The molecule has 0 aliphatic carbocycles. The predicted molar refractivity (Wildman–Crippen MR) is 41.2 cm³/mol. The Bertz CT molecular complexity index is 151. The van der Waals surface area contributed by atoms with Gasteiger partial charge in [-0.05, 0) is 5.53 Å². The molecule has 1 saturated heterocycles. The first-order valence-corrected chi connectivity index (χ1v) is 3.73. The van der Waals surface area contributed by atoms with Gasteiger partial charge in [0.25, 0.3) is 0 Å². The van der Waals surface area contributed by atoms with Crippen LogP contribution in [0.4, 0.5) is 0 Å². The van der Waals surface area contributed by atoms with Crippen molar-refractivity contribution in [1.82, 2.24) is 5.32 Å². The highest BCUT2D eigenvalue weighted by Gasteiger charge is 2.15. The molecular weight excluding hydrogens is 144 g/mol. The lowest BCUT2D eigenvalue weighted by Gasteiger charge is -2.26. The third kappa shape index (κ3) is 3.23. The summed E-state index contributed by atoms with van der Waals surface area (Å²) in [6.45, 7) is 3.88. The Morgan fingerprint density at radius 2 is 2.45 bits per heavy atom. The average molecular weight is 156 g/mol. The Kier molecular flexibility index (Phi) is 3.75. The number of rotatable bonds is 5. The van der Waals surface area contributed by atoms with Crippen molar-refractivity contribution in [3.63, 3.8) is 0 Å². The molecule has 0 atom stereocenters. The average Bonchev–Trinajstić information content (AvgIpc) is 1.93. The summed E-state index contributed by atoms with van der Waals surface area (Å²) in [7, 11) is 0. The first-order chi connectivity index (χ1) is 5.43. The summed E-state index contributed by atoms with van der Waals surface area (Å²) in [5.41, 5.74) is 7.92. The van der Waals surface area contributed by atoms with Gasteiger partial charge in [-0.1, -0.05) is 5.11 Å². The summed E-state index contributed by atoms with van der Waals surface area (Å²) in [6.07, 6.45) is 0. The molecule has 1 fully saturated rings. The van der Waals surface area contributed by atoms with E-state index in [0.29, 0.717) is 19.1 Å². The van der Waals surface area contributed by atoms with Crippen molar-refractivity contribution in [1.29, 1.82) is 0 Å². The maximum atomic E-state index is 7.92. The van der Waals surface area contributed by atoms with Gasteiger partial charge in [0.1, 0.15) is 0 Å². The van der Waals surface area contributed by atoms with E-state index in [1.807, 2.05) is 0 Å². The standard InChI is InChI=1S/C6H12N4O/c7-10-9-1-2-11-5-6-3-8-4-6/h6,8H,1-5H2.